The fraction of sp³-hybridized carbons (Fsp3) is 0.389. The number of nitrogens with zero attached hydrogens (tertiary/aromatic N) is 4. The first-order chi connectivity index (χ1) is 12.1. The van der Waals surface area contributed by atoms with Crippen molar-refractivity contribution in [3.05, 3.63) is 46.6 Å². The second-order valence-electron chi connectivity index (χ2n) is 5.90. The highest BCUT2D eigenvalue weighted by Crippen LogP contribution is 2.25. The lowest BCUT2D eigenvalue weighted by atomic mass is 10.1. The molecule has 1 amide bonds. The van der Waals surface area contributed by atoms with Crippen molar-refractivity contribution in [2.24, 2.45) is 0 Å². The Morgan fingerprint density at radius 3 is 2.56 bits per heavy atom. The summed E-state index contributed by atoms with van der Waals surface area (Å²) in [7, 11) is 0. The third-order valence-electron chi connectivity index (χ3n) is 4.23. The lowest BCUT2D eigenvalue weighted by Crippen LogP contribution is -2.49. The van der Waals surface area contributed by atoms with Crippen molar-refractivity contribution in [3.8, 4) is 5.88 Å². The summed E-state index contributed by atoms with van der Waals surface area (Å²) in [5.41, 5.74) is 2.65. The van der Waals surface area contributed by atoms with Crippen LogP contribution in [0.15, 0.2) is 30.3 Å². The van der Waals surface area contributed by atoms with E-state index in [0.29, 0.717) is 31.3 Å². The van der Waals surface area contributed by atoms with Crippen LogP contribution in [-0.4, -0.2) is 53.8 Å². The number of aryl methyl sites for hydroxylation is 1. The lowest BCUT2D eigenvalue weighted by molar-refractivity contribution is 0.0739. The van der Waals surface area contributed by atoms with Gasteiger partial charge in [0.15, 0.2) is 5.69 Å². The Kier molecular flexibility index (Phi) is 5.38. The maximum atomic E-state index is 12.6. The molecule has 0 N–H and O–H groups in total. The van der Waals surface area contributed by atoms with E-state index in [2.05, 4.69) is 22.0 Å². The molecule has 0 unspecified atom stereocenters. The van der Waals surface area contributed by atoms with Crippen LogP contribution in [-0.2, 0) is 0 Å². The fourth-order valence-electron chi connectivity index (χ4n) is 2.89. The Hall–Kier alpha value is -2.34. The van der Waals surface area contributed by atoms with E-state index in [4.69, 9.17) is 16.3 Å². The molecular weight excluding hydrogens is 340 g/mol. The van der Waals surface area contributed by atoms with Crippen LogP contribution >= 0.6 is 11.6 Å². The smallest absolute Gasteiger partial charge is 0.274 e. The molecule has 0 atom stereocenters. The van der Waals surface area contributed by atoms with Crippen LogP contribution in [0, 0.1) is 6.92 Å². The number of ether oxygens (including phenoxy) is 1. The van der Waals surface area contributed by atoms with Crippen molar-refractivity contribution in [3.63, 3.8) is 0 Å². The number of carbonyl (C=O) groups is 1. The molecule has 0 bridgehead atoms. The first kappa shape index (κ1) is 17.5. The zero-order valence-corrected chi connectivity index (χ0v) is 15.2. The molecule has 0 spiro atoms. The number of hydrogen-bond acceptors (Lipinski definition) is 5. The minimum atomic E-state index is -0.0991. The summed E-state index contributed by atoms with van der Waals surface area (Å²) >= 11 is 6.11. The predicted octanol–water partition coefficient (Wildman–Crippen LogP) is 2.80. The van der Waals surface area contributed by atoms with Gasteiger partial charge in [-0.05, 0) is 37.6 Å². The van der Waals surface area contributed by atoms with Gasteiger partial charge in [0.1, 0.15) is 0 Å². The molecule has 0 saturated carbocycles. The molecule has 132 valence electrons. The van der Waals surface area contributed by atoms with Gasteiger partial charge in [0.25, 0.3) is 5.91 Å². The Balaban J connectivity index is 1.63. The van der Waals surface area contributed by atoms with E-state index in [1.54, 1.807) is 17.0 Å². The van der Waals surface area contributed by atoms with Crippen molar-refractivity contribution in [1.82, 2.24) is 15.1 Å². The number of rotatable bonds is 4. The van der Waals surface area contributed by atoms with Crippen LogP contribution < -0.4 is 9.64 Å². The third kappa shape index (κ3) is 4.02. The molecule has 0 radical (unpaired) electrons. The van der Waals surface area contributed by atoms with Crippen LogP contribution in [0.1, 0.15) is 23.0 Å². The zero-order chi connectivity index (χ0) is 17.8. The van der Waals surface area contributed by atoms with Gasteiger partial charge in [0.05, 0.1) is 6.61 Å². The van der Waals surface area contributed by atoms with Gasteiger partial charge in [-0.1, -0.05) is 17.7 Å². The molecule has 25 heavy (non-hydrogen) atoms. The predicted molar refractivity (Wildman–Crippen MR) is 97.5 cm³/mol. The zero-order valence-electron chi connectivity index (χ0n) is 14.4. The van der Waals surface area contributed by atoms with E-state index in [1.165, 1.54) is 5.56 Å². The summed E-state index contributed by atoms with van der Waals surface area (Å²) in [5, 5.41) is 8.63. The molecule has 2 aromatic rings. The van der Waals surface area contributed by atoms with E-state index >= 15 is 0 Å². The van der Waals surface area contributed by atoms with Gasteiger partial charge in [-0.2, -0.15) is 0 Å². The number of hydrogen-bond donors (Lipinski definition) is 0. The summed E-state index contributed by atoms with van der Waals surface area (Å²) in [6.07, 6.45) is 0. The normalized spacial score (nSPS) is 14.5. The van der Waals surface area contributed by atoms with Gasteiger partial charge in [-0.3, -0.25) is 4.79 Å². The SMILES string of the molecule is CCOc1ccc(C(=O)N2CCN(c3cc(Cl)ccc3C)CC2)nn1. The number of benzene rings is 1. The summed E-state index contributed by atoms with van der Waals surface area (Å²) < 4.78 is 5.25. The van der Waals surface area contributed by atoms with E-state index < -0.39 is 0 Å². The number of amides is 1. The molecule has 1 fully saturated rings. The molecule has 1 aromatic heterocycles. The van der Waals surface area contributed by atoms with Gasteiger partial charge >= 0.3 is 0 Å². The van der Waals surface area contributed by atoms with E-state index in [9.17, 15) is 4.79 Å². The Morgan fingerprint density at radius 1 is 1.16 bits per heavy atom. The van der Waals surface area contributed by atoms with Crippen molar-refractivity contribution in [2.75, 3.05) is 37.7 Å². The number of aromatic nitrogens is 2. The monoisotopic (exact) mass is 360 g/mol. The average molecular weight is 361 g/mol. The average Bonchev–Trinajstić information content (AvgIpc) is 2.64. The van der Waals surface area contributed by atoms with E-state index in [1.807, 2.05) is 25.1 Å². The van der Waals surface area contributed by atoms with Crippen molar-refractivity contribution < 1.29 is 9.53 Å². The van der Waals surface area contributed by atoms with Crippen LogP contribution in [0.25, 0.3) is 0 Å². The van der Waals surface area contributed by atoms with Crippen molar-refractivity contribution >= 4 is 23.2 Å². The molecule has 1 aliphatic heterocycles. The van der Waals surface area contributed by atoms with E-state index in [0.717, 1.165) is 23.8 Å². The highest BCUT2D eigenvalue weighted by Gasteiger charge is 2.24. The Bertz CT molecular complexity index is 743. The van der Waals surface area contributed by atoms with Crippen LogP contribution in [0.2, 0.25) is 5.02 Å². The summed E-state index contributed by atoms with van der Waals surface area (Å²) in [6, 6.07) is 9.23. The molecule has 2 heterocycles. The van der Waals surface area contributed by atoms with Crippen molar-refractivity contribution in [2.45, 2.75) is 13.8 Å². The molecule has 0 aliphatic carbocycles. The minimum Gasteiger partial charge on any atom is -0.477 e. The highest BCUT2D eigenvalue weighted by molar-refractivity contribution is 6.30. The van der Waals surface area contributed by atoms with Gasteiger partial charge in [0, 0.05) is 43.0 Å². The van der Waals surface area contributed by atoms with Crippen LogP contribution in [0.4, 0.5) is 5.69 Å². The van der Waals surface area contributed by atoms with Gasteiger partial charge < -0.3 is 14.5 Å². The summed E-state index contributed by atoms with van der Waals surface area (Å²) in [5.74, 6) is 0.332. The molecule has 7 heteroatoms. The minimum absolute atomic E-state index is 0.0991. The highest BCUT2D eigenvalue weighted by atomic mass is 35.5. The summed E-state index contributed by atoms with van der Waals surface area (Å²) in [4.78, 5) is 16.6. The molecular formula is C18H21ClN4O2. The second-order valence-corrected chi connectivity index (χ2v) is 6.34. The quantitative estimate of drug-likeness (QED) is 0.839. The number of carbonyl (C=O) groups excluding carboxylic acids is 1. The fourth-order valence-corrected chi connectivity index (χ4v) is 3.06. The first-order valence-corrected chi connectivity index (χ1v) is 8.73. The third-order valence-corrected chi connectivity index (χ3v) is 4.47. The van der Waals surface area contributed by atoms with Gasteiger partial charge in [0.2, 0.25) is 5.88 Å². The topological polar surface area (TPSA) is 58.6 Å². The first-order valence-electron chi connectivity index (χ1n) is 8.35. The molecule has 1 saturated heterocycles. The maximum absolute atomic E-state index is 12.6. The summed E-state index contributed by atoms with van der Waals surface area (Å²) in [6.45, 7) is 7.27. The largest absolute Gasteiger partial charge is 0.477 e. The van der Waals surface area contributed by atoms with E-state index in [-0.39, 0.29) is 5.91 Å². The Labute approximate surface area is 152 Å². The Morgan fingerprint density at radius 2 is 1.92 bits per heavy atom. The lowest BCUT2D eigenvalue weighted by Gasteiger charge is -2.36. The van der Waals surface area contributed by atoms with Gasteiger partial charge in [-0.15, -0.1) is 10.2 Å². The number of halogens is 1. The second kappa shape index (κ2) is 7.70. The number of piperazine rings is 1. The maximum Gasteiger partial charge on any atom is 0.274 e. The molecule has 6 nitrogen and oxygen atoms in total. The van der Waals surface area contributed by atoms with Gasteiger partial charge in [-0.25, -0.2) is 0 Å². The standard InChI is InChI=1S/C18H21ClN4O2/c1-3-25-17-7-6-15(20-21-17)18(24)23-10-8-22(9-11-23)16-12-14(19)5-4-13(16)2/h4-7,12H,3,8-11H2,1-2H3. The number of anilines is 1. The van der Waals surface area contributed by atoms with Crippen molar-refractivity contribution in [1.29, 1.82) is 0 Å². The van der Waals surface area contributed by atoms with Crippen LogP contribution in [0.5, 0.6) is 5.88 Å². The molecule has 3 rings (SSSR count). The molecule has 1 aromatic carbocycles. The van der Waals surface area contributed by atoms with Crippen LogP contribution in [0.3, 0.4) is 0 Å². The molecule has 1 aliphatic rings.